The van der Waals surface area contributed by atoms with Gasteiger partial charge in [-0.1, -0.05) is 78.3 Å². The number of ether oxygens (including phenoxy) is 2. The van der Waals surface area contributed by atoms with Crippen LogP contribution >= 0.6 is 11.6 Å². The van der Waals surface area contributed by atoms with Crippen molar-refractivity contribution in [2.24, 2.45) is 0 Å². The first kappa shape index (κ1) is 26.1. The van der Waals surface area contributed by atoms with E-state index in [1.165, 1.54) is 0 Å². The van der Waals surface area contributed by atoms with E-state index in [1.54, 1.807) is 13.2 Å². The summed E-state index contributed by atoms with van der Waals surface area (Å²) < 4.78 is 11.7. The zero-order valence-electron chi connectivity index (χ0n) is 21.1. The monoisotopic (exact) mass is 507 g/mol. The second-order valence-corrected chi connectivity index (χ2v) is 10.4. The molecular formula is C30H34ClNO4. The highest BCUT2D eigenvalue weighted by molar-refractivity contribution is 6.32. The summed E-state index contributed by atoms with van der Waals surface area (Å²) >= 11 is 6.26. The maximum atomic E-state index is 12.9. The predicted molar refractivity (Wildman–Crippen MR) is 143 cm³/mol. The summed E-state index contributed by atoms with van der Waals surface area (Å²) in [6, 6.07) is 24.7. The molecule has 6 heteroatoms. The molecule has 0 saturated carbocycles. The lowest BCUT2D eigenvalue weighted by atomic mass is 9.69. The standard InChI is InChI=1S/C30H34ClNO4/c1-29(2,32-20-17-24(21-32)36-26-16-10-15-25(31)27(26)35-3)18-19-30(28(33)34,22-11-6-4-7-12-22)23-13-8-5-9-14-23/h4-16,24H,17-21H2,1-3H3,(H,33,34)/t24-/m1/s1. The van der Waals surface area contributed by atoms with Gasteiger partial charge >= 0.3 is 5.97 Å². The number of nitrogens with zero attached hydrogens (tertiary/aromatic N) is 1. The number of aliphatic carboxylic acids is 1. The van der Waals surface area contributed by atoms with E-state index < -0.39 is 11.4 Å². The third kappa shape index (κ3) is 5.23. The molecular weight excluding hydrogens is 474 g/mol. The molecule has 0 radical (unpaired) electrons. The lowest BCUT2D eigenvalue weighted by molar-refractivity contribution is -0.142. The Morgan fingerprint density at radius 2 is 1.58 bits per heavy atom. The van der Waals surface area contributed by atoms with Gasteiger partial charge in [0, 0.05) is 18.6 Å². The minimum absolute atomic E-state index is 0.00381. The Bertz CT molecular complexity index is 1130. The number of carboxylic acids is 1. The van der Waals surface area contributed by atoms with Crippen LogP contribution in [0, 0.1) is 0 Å². The highest BCUT2D eigenvalue weighted by Gasteiger charge is 2.44. The van der Waals surface area contributed by atoms with Crippen molar-refractivity contribution >= 4 is 17.6 Å². The van der Waals surface area contributed by atoms with E-state index in [0.29, 0.717) is 29.4 Å². The Kier molecular flexibility index (Phi) is 7.91. The van der Waals surface area contributed by atoms with Gasteiger partial charge < -0.3 is 14.6 Å². The Morgan fingerprint density at radius 3 is 2.14 bits per heavy atom. The van der Waals surface area contributed by atoms with Crippen molar-refractivity contribution in [3.63, 3.8) is 0 Å². The number of benzene rings is 3. The van der Waals surface area contributed by atoms with Crippen LogP contribution < -0.4 is 9.47 Å². The minimum Gasteiger partial charge on any atom is -0.491 e. The lowest BCUT2D eigenvalue weighted by Gasteiger charge is -2.39. The fourth-order valence-corrected chi connectivity index (χ4v) is 5.48. The molecule has 1 aliphatic rings. The number of rotatable bonds is 10. The Balaban J connectivity index is 1.52. The van der Waals surface area contributed by atoms with E-state index >= 15 is 0 Å². The van der Waals surface area contributed by atoms with Gasteiger partial charge in [0.15, 0.2) is 11.5 Å². The fourth-order valence-electron chi connectivity index (χ4n) is 5.24. The third-order valence-corrected chi connectivity index (χ3v) is 7.74. The van der Waals surface area contributed by atoms with E-state index in [2.05, 4.69) is 18.7 Å². The smallest absolute Gasteiger partial charge is 0.318 e. The maximum Gasteiger partial charge on any atom is 0.318 e. The number of hydrogen-bond acceptors (Lipinski definition) is 4. The fraction of sp³-hybridized carbons (Fsp3) is 0.367. The molecule has 0 unspecified atom stereocenters. The van der Waals surface area contributed by atoms with Gasteiger partial charge in [0.2, 0.25) is 0 Å². The van der Waals surface area contributed by atoms with Crippen molar-refractivity contribution < 1.29 is 19.4 Å². The van der Waals surface area contributed by atoms with Crippen molar-refractivity contribution in [2.75, 3.05) is 20.2 Å². The predicted octanol–water partition coefficient (Wildman–Crippen LogP) is 6.43. The van der Waals surface area contributed by atoms with Crippen LogP contribution in [0.4, 0.5) is 0 Å². The quantitative estimate of drug-likeness (QED) is 0.342. The summed E-state index contributed by atoms with van der Waals surface area (Å²) in [7, 11) is 1.59. The van der Waals surface area contributed by atoms with Gasteiger partial charge in [-0.15, -0.1) is 0 Å². The zero-order valence-corrected chi connectivity index (χ0v) is 21.9. The summed E-state index contributed by atoms with van der Waals surface area (Å²) in [6.45, 7) is 6.01. The number of para-hydroxylation sites is 1. The number of hydrogen-bond donors (Lipinski definition) is 1. The molecule has 1 heterocycles. The maximum absolute atomic E-state index is 12.9. The van der Waals surface area contributed by atoms with Crippen LogP contribution in [0.3, 0.4) is 0 Å². The largest absolute Gasteiger partial charge is 0.491 e. The van der Waals surface area contributed by atoms with Crippen molar-refractivity contribution in [3.8, 4) is 11.5 Å². The molecule has 0 spiro atoms. The van der Waals surface area contributed by atoms with Crippen molar-refractivity contribution in [1.82, 2.24) is 4.90 Å². The van der Waals surface area contributed by atoms with E-state index in [4.69, 9.17) is 21.1 Å². The van der Waals surface area contributed by atoms with E-state index in [0.717, 1.165) is 30.6 Å². The van der Waals surface area contributed by atoms with Crippen LogP contribution in [0.5, 0.6) is 11.5 Å². The molecule has 4 rings (SSSR count). The molecule has 0 bridgehead atoms. The van der Waals surface area contributed by atoms with Crippen molar-refractivity contribution in [2.45, 2.75) is 50.2 Å². The summed E-state index contributed by atoms with van der Waals surface area (Å²) in [5, 5.41) is 11.1. The first-order chi connectivity index (χ1) is 17.3. The summed E-state index contributed by atoms with van der Waals surface area (Å²) in [6.07, 6.45) is 2.06. The topological polar surface area (TPSA) is 59.0 Å². The SMILES string of the molecule is COc1c(Cl)cccc1O[C@@H]1CCN(C(C)(C)CCC(C(=O)O)(c2ccccc2)c2ccccc2)C1. The van der Waals surface area contributed by atoms with Gasteiger partial charge in [-0.05, 0) is 56.4 Å². The average Bonchev–Trinajstić information content (AvgIpc) is 3.35. The van der Waals surface area contributed by atoms with Crippen LogP contribution in [-0.2, 0) is 10.2 Å². The van der Waals surface area contributed by atoms with Crippen LogP contribution in [0.1, 0.15) is 44.2 Å². The van der Waals surface area contributed by atoms with Crippen LogP contribution in [0.15, 0.2) is 78.9 Å². The number of halogens is 1. The van der Waals surface area contributed by atoms with E-state index in [1.807, 2.05) is 72.8 Å². The molecule has 3 aromatic carbocycles. The molecule has 5 nitrogen and oxygen atoms in total. The van der Waals surface area contributed by atoms with Crippen LogP contribution in [0.2, 0.25) is 5.02 Å². The molecule has 1 fully saturated rings. The summed E-state index contributed by atoms with van der Waals surface area (Å²) in [4.78, 5) is 15.3. The van der Waals surface area contributed by atoms with E-state index in [9.17, 15) is 9.90 Å². The highest BCUT2D eigenvalue weighted by atomic mass is 35.5. The first-order valence-electron chi connectivity index (χ1n) is 12.4. The number of likely N-dealkylation sites (tertiary alicyclic amines) is 1. The van der Waals surface area contributed by atoms with Gasteiger partial charge in [-0.25, -0.2) is 0 Å². The van der Waals surface area contributed by atoms with Gasteiger partial charge in [-0.3, -0.25) is 9.69 Å². The molecule has 1 saturated heterocycles. The van der Waals surface area contributed by atoms with E-state index in [-0.39, 0.29) is 11.6 Å². The van der Waals surface area contributed by atoms with Gasteiger partial charge in [-0.2, -0.15) is 0 Å². The van der Waals surface area contributed by atoms with Crippen molar-refractivity contribution in [1.29, 1.82) is 0 Å². The third-order valence-electron chi connectivity index (χ3n) is 7.44. The lowest BCUT2D eigenvalue weighted by Crippen LogP contribution is -2.46. The molecule has 190 valence electrons. The molecule has 1 N–H and O–H groups in total. The second-order valence-electron chi connectivity index (χ2n) is 10.0. The Hall–Kier alpha value is -3.02. The van der Waals surface area contributed by atoms with Crippen LogP contribution in [0.25, 0.3) is 0 Å². The van der Waals surface area contributed by atoms with Crippen molar-refractivity contribution in [3.05, 3.63) is 95.0 Å². The molecule has 0 aromatic heterocycles. The zero-order chi connectivity index (χ0) is 25.8. The number of methoxy groups -OCH3 is 1. The molecule has 0 amide bonds. The summed E-state index contributed by atoms with van der Waals surface area (Å²) in [5.41, 5.74) is 0.259. The molecule has 1 aliphatic heterocycles. The molecule has 1 atom stereocenters. The average molecular weight is 508 g/mol. The Labute approximate surface area is 218 Å². The first-order valence-corrected chi connectivity index (χ1v) is 12.7. The minimum atomic E-state index is -1.12. The molecule has 0 aliphatic carbocycles. The van der Waals surface area contributed by atoms with Gasteiger partial charge in [0.1, 0.15) is 11.5 Å². The highest BCUT2D eigenvalue weighted by Crippen LogP contribution is 2.41. The number of carboxylic acid groups (broad SMARTS) is 1. The molecule has 36 heavy (non-hydrogen) atoms. The second kappa shape index (κ2) is 10.9. The Morgan fingerprint density at radius 1 is 0.972 bits per heavy atom. The van der Waals surface area contributed by atoms with Crippen LogP contribution in [-0.4, -0.2) is 47.8 Å². The summed E-state index contributed by atoms with van der Waals surface area (Å²) in [5.74, 6) is 0.368. The van der Waals surface area contributed by atoms with Gasteiger partial charge in [0.05, 0.1) is 12.1 Å². The normalized spacial score (nSPS) is 16.6. The molecule has 3 aromatic rings. The van der Waals surface area contributed by atoms with Gasteiger partial charge in [0.25, 0.3) is 0 Å². The number of carbonyl (C=O) groups is 1.